The Labute approximate surface area is 137 Å². The third kappa shape index (κ3) is 2.58. The lowest BCUT2D eigenvalue weighted by molar-refractivity contribution is 0.0695. The van der Waals surface area contributed by atoms with Gasteiger partial charge in [-0.25, -0.2) is 9.18 Å². The highest BCUT2D eigenvalue weighted by Gasteiger charge is 2.16. The van der Waals surface area contributed by atoms with Gasteiger partial charge in [0.1, 0.15) is 5.82 Å². The molecule has 1 N–H and O–H groups in total. The molecule has 0 saturated carbocycles. The van der Waals surface area contributed by atoms with Crippen LogP contribution in [0.2, 0.25) is 0 Å². The summed E-state index contributed by atoms with van der Waals surface area (Å²) in [6.07, 6.45) is 0. The number of halogens is 1. The summed E-state index contributed by atoms with van der Waals surface area (Å²) in [7, 11) is 0. The van der Waals surface area contributed by atoms with E-state index in [-0.39, 0.29) is 23.5 Å². The predicted molar refractivity (Wildman–Crippen MR) is 90.1 cm³/mol. The van der Waals surface area contributed by atoms with Gasteiger partial charge < -0.3 is 9.67 Å². The van der Waals surface area contributed by atoms with Gasteiger partial charge in [0.2, 0.25) is 0 Å². The lowest BCUT2D eigenvalue weighted by atomic mass is 9.98. The zero-order valence-corrected chi connectivity index (χ0v) is 13.3. The first-order chi connectivity index (χ1) is 11.4. The van der Waals surface area contributed by atoms with E-state index in [1.165, 1.54) is 16.7 Å². The molecule has 0 unspecified atom stereocenters. The number of benzene rings is 2. The maximum atomic E-state index is 13.9. The van der Waals surface area contributed by atoms with E-state index in [1.807, 2.05) is 0 Å². The summed E-state index contributed by atoms with van der Waals surface area (Å²) in [5, 5.41) is 10.1. The number of fused-ring (bicyclic) bond motifs is 1. The number of hydrogen-bond donors (Lipinski definition) is 1. The van der Waals surface area contributed by atoms with Crippen molar-refractivity contribution in [3.8, 4) is 0 Å². The Balaban J connectivity index is 2.29. The molecule has 2 aromatic carbocycles. The van der Waals surface area contributed by atoms with Crippen LogP contribution in [0.15, 0.2) is 47.3 Å². The van der Waals surface area contributed by atoms with Gasteiger partial charge in [-0.1, -0.05) is 18.2 Å². The van der Waals surface area contributed by atoms with Crippen molar-refractivity contribution in [3.05, 3.63) is 80.9 Å². The number of carbonyl (C=O) groups is 1. The molecule has 122 valence electrons. The maximum absolute atomic E-state index is 13.9. The second-order valence-corrected chi connectivity index (χ2v) is 5.78. The lowest BCUT2D eigenvalue weighted by Gasteiger charge is -2.15. The Kier molecular flexibility index (Phi) is 3.93. The van der Waals surface area contributed by atoms with Crippen LogP contribution >= 0.6 is 0 Å². The molecule has 0 aliphatic heterocycles. The summed E-state index contributed by atoms with van der Waals surface area (Å²) in [5.74, 6) is -1.38. The summed E-state index contributed by atoms with van der Waals surface area (Å²) in [4.78, 5) is 23.8. The van der Waals surface area contributed by atoms with E-state index in [0.717, 1.165) is 0 Å². The van der Waals surface area contributed by atoms with Crippen LogP contribution in [0, 0.1) is 19.7 Å². The first-order valence-corrected chi connectivity index (χ1v) is 7.50. The minimum absolute atomic E-state index is 0.0914. The number of aromatic carboxylic acids is 1. The monoisotopic (exact) mass is 325 g/mol. The normalized spacial score (nSPS) is 11.0. The van der Waals surface area contributed by atoms with E-state index in [4.69, 9.17) is 0 Å². The quantitative estimate of drug-likeness (QED) is 0.802. The van der Waals surface area contributed by atoms with Crippen LogP contribution in [0.25, 0.3) is 10.9 Å². The van der Waals surface area contributed by atoms with Crippen molar-refractivity contribution in [2.24, 2.45) is 0 Å². The molecule has 1 heterocycles. The van der Waals surface area contributed by atoms with Crippen LogP contribution < -0.4 is 5.56 Å². The highest BCUT2D eigenvalue weighted by Crippen LogP contribution is 2.25. The second-order valence-electron chi connectivity index (χ2n) is 5.78. The highest BCUT2D eigenvalue weighted by atomic mass is 19.1. The molecule has 24 heavy (non-hydrogen) atoms. The second kappa shape index (κ2) is 5.92. The summed E-state index contributed by atoms with van der Waals surface area (Å²) in [6, 6.07) is 11.0. The van der Waals surface area contributed by atoms with Crippen LogP contribution in [0.3, 0.4) is 0 Å². The van der Waals surface area contributed by atoms with Gasteiger partial charge in [-0.05, 0) is 43.2 Å². The molecule has 0 amide bonds. The third-order valence-electron chi connectivity index (χ3n) is 4.25. The molecule has 5 heteroatoms. The predicted octanol–water partition coefficient (Wildman–Crippen LogP) is 3.50. The molecule has 0 bridgehead atoms. The standard InChI is InChI=1S/C19H16FNO3/c1-11-9-16-14(12(2)18(11)19(23)24)7-8-17(22)21(16)10-13-5-3-4-6-15(13)20/h3-9H,10H2,1-2H3,(H,23,24). The average molecular weight is 325 g/mol. The molecule has 0 atom stereocenters. The number of pyridine rings is 1. The van der Waals surface area contributed by atoms with Gasteiger partial charge in [0, 0.05) is 17.0 Å². The molecule has 3 rings (SSSR count). The van der Waals surface area contributed by atoms with Gasteiger partial charge in [0.25, 0.3) is 5.56 Å². The Morgan fingerprint density at radius 2 is 1.88 bits per heavy atom. The number of hydrogen-bond acceptors (Lipinski definition) is 2. The number of rotatable bonds is 3. The van der Waals surface area contributed by atoms with Crippen molar-refractivity contribution in [1.82, 2.24) is 4.57 Å². The Hall–Kier alpha value is -2.95. The molecular weight excluding hydrogens is 309 g/mol. The van der Waals surface area contributed by atoms with Crippen LogP contribution in [-0.4, -0.2) is 15.6 Å². The molecule has 0 aliphatic carbocycles. The van der Waals surface area contributed by atoms with Crippen LogP contribution in [0.4, 0.5) is 4.39 Å². The van der Waals surface area contributed by atoms with E-state index in [1.54, 1.807) is 44.2 Å². The summed E-state index contributed by atoms with van der Waals surface area (Å²) >= 11 is 0. The van der Waals surface area contributed by atoms with Crippen LogP contribution in [0.5, 0.6) is 0 Å². The minimum Gasteiger partial charge on any atom is -0.478 e. The fourth-order valence-corrected chi connectivity index (χ4v) is 3.06. The fourth-order valence-electron chi connectivity index (χ4n) is 3.06. The van der Waals surface area contributed by atoms with E-state index >= 15 is 0 Å². The van der Waals surface area contributed by atoms with E-state index in [2.05, 4.69) is 0 Å². The van der Waals surface area contributed by atoms with Crippen LogP contribution in [0.1, 0.15) is 27.0 Å². The molecule has 1 aromatic heterocycles. The molecule has 0 aliphatic rings. The Bertz CT molecular complexity index is 1020. The Morgan fingerprint density at radius 1 is 1.17 bits per heavy atom. The smallest absolute Gasteiger partial charge is 0.336 e. The zero-order chi connectivity index (χ0) is 17.4. The van der Waals surface area contributed by atoms with Gasteiger partial charge in [-0.3, -0.25) is 4.79 Å². The van der Waals surface area contributed by atoms with Crippen molar-refractivity contribution >= 4 is 16.9 Å². The molecule has 4 nitrogen and oxygen atoms in total. The topological polar surface area (TPSA) is 59.3 Å². The minimum atomic E-state index is -1.00. The van der Waals surface area contributed by atoms with E-state index < -0.39 is 5.97 Å². The largest absolute Gasteiger partial charge is 0.478 e. The molecule has 3 aromatic rings. The highest BCUT2D eigenvalue weighted by molar-refractivity contribution is 5.98. The Morgan fingerprint density at radius 3 is 2.54 bits per heavy atom. The third-order valence-corrected chi connectivity index (χ3v) is 4.25. The molecule has 0 radical (unpaired) electrons. The molecule has 0 fully saturated rings. The number of carboxylic acid groups (broad SMARTS) is 1. The SMILES string of the molecule is Cc1cc2c(ccc(=O)n2Cc2ccccc2F)c(C)c1C(=O)O. The first-order valence-electron chi connectivity index (χ1n) is 7.50. The van der Waals surface area contributed by atoms with Gasteiger partial charge in [-0.15, -0.1) is 0 Å². The van der Waals surface area contributed by atoms with E-state index in [9.17, 15) is 19.1 Å². The number of aromatic nitrogens is 1. The summed E-state index contributed by atoms with van der Waals surface area (Å²) < 4.78 is 15.4. The number of aryl methyl sites for hydroxylation is 2. The molecule has 0 saturated heterocycles. The maximum Gasteiger partial charge on any atom is 0.336 e. The van der Waals surface area contributed by atoms with Crippen molar-refractivity contribution in [1.29, 1.82) is 0 Å². The van der Waals surface area contributed by atoms with Crippen molar-refractivity contribution in [2.75, 3.05) is 0 Å². The number of carboxylic acids is 1. The van der Waals surface area contributed by atoms with Gasteiger partial charge in [0.15, 0.2) is 0 Å². The van der Waals surface area contributed by atoms with Gasteiger partial charge in [0.05, 0.1) is 17.6 Å². The molecular formula is C19H16FNO3. The van der Waals surface area contributed by atoms with Gasteiger partial charge in [-0.2, -0.15) is 0 Å². The van der Waals surface area contributed by atoms with Gasteiger partial charge >= 0.3 is 5.97 Å². The fraction of sp³-hybridized carbons (Fsp3) is 0.158. The average Bonchev–Trinajstić information content (AvgIpc) is 2.51. The van der Waals surface area contributed by atoms with E-state index in [0.29, 0.717) is 27.6 Å². The van der Waals surface area contributed by atoms with Crippen molar-refractivity contribution in [2.45, 2.75) is 20.4 Å². The number of nitrogens with zero attached hydrogens (tertiary/aromatic N) is 1. The zero-order valence-electron chi connectivity index (χ0n) is 13.3. The summed E-state index contributed by atoms with van der Waals surface area (Å²) in [5.41, 5.74) is 2.15. The first kappa shape index (κ1) is 15.9. The lowest BCUT2D eigenvalue weighted by Crippen LogP contribution is -2.21. The summed E-state index contributed by atoms with van der Waals surface area (Å²) in [6.45, 7) is 3.51. The van der Waals surface area contributed by atoms with Crippen LogP contribution in [-0.2, 0) is 6.54 Å². The molecule has 0 spiro atoms. The van der Waals surface area contributed by atoms with Crippen molar-refractivity contribution < 1.29 is 14.3 Å². The van der Waals surface area contributed by atoms with Crippen molar-refractivity contribution in [3.63, 3.8) is 0 Å².